The van der Waals surface area contributed by atoms with E-state index < -0.39 is 0 Å². The molecular weight excluding hydrogens is 282 g/mol. The Morgan fingerprint density at radius 2 is 1.90 bits per heavy atom. The summed E-state index contributed by atoms with van der Waals surface area (Å²) >= 11 is 3.67. The molecule has 1 N–H and O–H groups in total. The van der Waals surface area contributed by atoms with Crippen LogP contribution in [0.5, 0.6) is 0 Å². The molecule has 3 rings (SSSR count). The van der Waals surface area contributed by atoms with E-state index >= 15 is 0 Å². The second kappa shape index (κ2) is 5.68. The molecule has 3 heteroatoms. The summed E-state index contributed by atoms with van der Waals surface area (Å²) in [6.07, 6.45) is 0. The summed E-state index contributed by atoms with van der Waals surface area (Å²) in [5, 5.41) is 9.44. The van der Waals surface area contributed by atoms with Gasteiger partial charge in [-0.15, -0.1) is 22.7 Å². The largest absolute Gasteiger partial charge is 0.312 e. The fourth-order valence-corrected chi connectivity index (χ4v) is 4.24. The van der Waals surface area contributed by atoms with Crippen molar-refractivity contribution < 1.29 is 0 Å². The molecule has 0 bridgehead atoms. The Labute approximate surface area is 128 Å². The third kappa shape index (κ3) is 2.80. The van der Waals surface area contributed by atoms with Crippen molar-refractivity contribution in [3.8, 4) is 0 Å². The van der Waals surface area contributed by atoms with Crippen molar-refractivity contribution in [2.45, 2.75) is 25.8 Å². The Balaban J connectivity index is 1.66. The molecule has 1 aromatic carbocycles. The highest BCUT2D eigenvalue weighted by Crippen LogP contribution is 2.28. The van der Waals surface area contributed by atoms with Gasteiger partial charge in [0.05, 0.1) is 0 Å². The average molecular weight is 301 g/mol. The van der Waals surface area contributed by atoms with Gasteiger partial charge in [0.25, 0.3) is 0 Å². The predicted molar refractivity (Wildman–Crippen MR) is 90.9 cm³/mol. The first-order chi connectivity index (χ1) is 9.67. The SMILES string of the molecule is CC(C)(CNCc1csc2ccccc12)c1cccs1. The minimum atomic E-state index is 0.194. The maximum absolute atomic E-state index is 3.62. The summed E-state index contributed by atoms with van der Waals surface area (Å²) in [6, 6.07) is 13.0. The first-order valence-corrected chi connectivity index (χ1v) is 8.62. The number of hydrogen-bond donors (Lipinski definition) is 1. The van der Waals surface area contributed by atoms with E-state index in [0.717, 1.165) is 13.1 Å². The van der Waals surface area contributed by atoms with Crippen molar-refractivity contribution >= 4 is 32.8 Å². The number of thiophene rings is 2. The smallest absolute Gasteiger partial charge is 0.0346 e. The Morgan fingerprint density at radius 3 is 2.70 bits per heavy atom. The molecule has 0 fully saturated rings. The van der Waals surface area contributed by atoms with Crippen LogP contribution >= 0.6 is 22.7 Å². The monoisotopic (exact) mass is 301 g/mol. The summed E-state index contributed by atoms with van der Waals surface area (Å²) in [5.74, 6) is 0. The molecule has 1 nitrogen and oxygen atoms in total. The molecule has 0 radical (unpaired) electrons. The van der Waals surface area contributed by atoms with Crippen molar-refractivity contribution in [3.05, 3.63) is 57.6 Å². The third-order valence-electron chi connectivity index (χ3n) is 3.63. The maximum atomic E-state index is 3.62. The normalized spacial score (nSPS) is 12.1. The van der Waals surface area contributed by atoms with Crippen molar-refractivity contribution in [1.82, 2.24) is 5.32 Å². The molecule has 20 heavy (non-hydrogen) atoms. The number of fused-ring (bicyclic) bond motifs is 1. The van der Waals surface area contributed by atoms with Crippen LogP contribution in [0, 0.1) is 0 Å². The van der Waals surface area contributed by atoms with E-state index in [2.05, 4.69) is 66.3 Å². The van der Waals surface area contributed by atoms with E-state index in [-0.39, 0.29) is 5.41 Å². The zero-order valence-electron chi connectivity index (χ0n) is 11.8. The lowest BCUT2D eigenvalue weighted by atomic mass is 9.91. The summed E-state index contributed by atoms with van der Waals surface area (Å²) in [6.45, 7) is 6.55. The van der Waals surface area contributed by atoms with Crippen molar-refractivity contribution in [2.24, 2.45) is 0 Å². The van der Waals surface area contributed by atoms with Gasteiger partial charge in [-0.2, -0.15) is 0 Å². The molecule has 2 aromatic heterocycles. The van der Waals surface area contributed by atoms with Crippen LogP contribution in [-0.4, -0.2) is 6.54 Å². The highest BCUT2D eigenvalue weighted by Gasteiger charge is 2.21. The molecule has 0 amide bonds. The predicted octanol–water partition coefficient (Wildman–Crippen LogP) is 5.03. The van der Waals surface area contributed by atoms with Crippen molar-refractivity contribution in [2.75, 3.05) is 6.54 Å². The van der Waals surface area contributed by atoms with Crippen LogP contribution in [0.1, 0.15) is 24.3 Å². The Kier molecular flexibility index (Phi) is 3.92. The molecule has 0 aliphatic heterocycles. The number of rotatable bonds is 5. The van der Waals surface area contributed by atoms with Crippen molar-refractivity contribution in [3.63, 3.8) is 0 Å². The minimum absolute atomic E-state index is 0.194. The van der Waals surface area contributed by atoms with Crippen molar-refractivity contribution in [1.29, 1.82) is 0 Å². The molecule has 0 atom stereocenters. The first-order valence-electron chi connectivity index (χ1n) is 6.87. The van der Waals surface area contributed by atoms with Gasteiger partial charge < -0.3 is 5.32 Å². The molecule has 104 valence electrons. The average Bonchev–Trinajstić information content (AvgIpc) is 3.08. The van der Waals surface area contributed by atoms with Crippen LogP contribution < -0.4 is 5.32 Å². The quantitative estimate of drug-likeness (QED) is 0.697. The van der Waals surface area contributed by atoms with Gasteiger partial charge in [0.2, 0.25) is 0 Å². The molecule has 0 aliphatic carbocycles. The minimum Gasteiger partial charge on any atom is -0.312 e. The van der Waals surface area contributed by atoms with Crippen LogP contribution in [0.15, 0.2) is 47.2 Å². The number of hydrogen-bond acceptors (Lipinski definition) is 3. The second-order valence-electron chi connectivity index (χ2n) is 5.72. The first kappa shape index (κ1) is 13.8. The van der Waals surface area contributed by atoms with Crippen LogP contribution in [0.25, 0.3) is 10.1 Å². The lowest BCUT2D eigenvalue weighted by molar-refractivity contribution is 0.477. The van der Waals surface area contributed by atoms with Gasteiger partial charge in [-0.3, -0.25) is 0 Å². The van der Waals surface area contributed by atoms with Gasteiger partial charge in [-0.1, -0.05) is 38.1 Å². The lowest BCUT2D eigenvalue weighted by Crippen LogP contribution is -2.31. The van der Waals surface area contributed by atoms with Gasteiger partial charge in [0.1, 0.15) is 0 Å². The van der Waals surface area contributed by atoms with E-state index in [9.17, 15) is 0 Å². The van der Waals surface area contributed by atoms with Gasteiger partial charge >= 0.3 is 0 Å². The summed E-state index contributed by atoms with van der Waals surface area (Å²) in [5.41, 5.74) is 1.60. The topological polar surface area (TPSA) is 12.0 Å². The van der Waals surface area contributed by atoms with Gasteiger partial charge in [0, 0.05) is 28.1 Å². The highest BCUT2D eigenvalue weighted by molar-refractivity contribution is 7.17. The van der Waals surface area contributed by atoms with E-state index in [0.29, 0.717) is 0 Å². The van der Waals surface area contributed by atoms with Crippen LogP contribution in [0.3, 0.4) is 0 Å². The van der Waals surface area contributed by atoms with Gasteiger partial charge in [-0.25, -0.2) is 0 Å². The molecular formula is C17H19NS2. The molecule has 0 unspecified atom stereocenters. The van der Waals surface area contributed by atoms with E-state index in [1.807, 2.05) is 22.7 Å². The molecule has 0 saturated heterocycles. The number of benzene rings is 1. The molecule has 0 aliphatic rings. The molecule has 0 saturated carbocycles. The lowest BCUT2D eigenvalue weighted by Gasteiger charge is -2.23. The highest BCUT2D eigenvalue weighted by atomic mass is 32.1. The Hall–Kier alpha value is -1.16. The van der Waals surface area contributed by atoms with Crippen LogP contribution in [0.2, 0.25) is 0 Å². The Bertz CT molecular complexity index is 680. The van der Waals surface area contributed by atoms with E-state index in [1.54, 1.807) is 0 Å². The summed E-state index contributed by atoms with van der Waals surface area (Å²) in [7, 11) is 0. The van der Waals surface area contributed by atoms with Gasteiger partial charge in [0.15, 0.2) is 0 Å². The van der Waals surface area contributed by atoms with Gasteiger partial charge in [-0.05, 0) is 33.8 Å². The Morgan fingerprint density at radius 1 is 1.05 bits per heavy atom. The summed E-state index contributed by atoms with van der Waals surface area (Å²) in [4.78, 5) is 1.44. The zero-order valence-corrected chi connectivity index (χ0v) is 13.5. The molecule has 3 aromatic rings. The summed E-state index contributed by atoms with van der Waals surface area (Å²) < 4.78 is 1.38. The standard InChI is InChI=1S/C17H19NS2/c1-17(2,16-8-5-9-19-16)12-18-10-13-11-20-15-7-4-3-6-14(13)15/h3-9,11,18H,10,12H2,1-2H3. The third-order valence-corrected chi connectivity index (χ3v) is 5.88. The fraction of sp³-hybridized carbons (Fsp3) is 0.294. The fourth-order valence-electron chi connectivity index (χ4n) is 2.43. The van der Waals surface area contributed by atoms with Crippen LogP contribution in [-0.2, 0) is 12.0 Å². The molecule has 0 spiro atoms. The maximum Gasteiger partial charge on any atom is 0.0346 e. The second-order valence-corrected chi connectivity index (χ2v) is 7.58. The van der Waals surface area contributed by atoms with E-state index in [1.165, 1.54) is 20.5 Å². The van der Waals surface area contributed by atoms with E-state index in [4.69, 9.17) is 0 Å². The zero-order chi connectivity index (χ0) is 14.0. The molecule has 2 heterocycles. The number of nitrogens with one attached hydrogen (secondary N) is 1. The van der Waals surface area contributed by atoms with Crippen LogP contribution in [0.4, 0.5) is 0 Å².